The molecule has 110 valence electrons. The number of benzene rings is 1. The van der Waals surface area contributed by atoms with Gasteiger partial charge in [-0.2, -0.15) is 4.31 Å². The van der Waals surface area contributed by atoms with Crippen molar-refractivity contribution in [1.29, 1.82) is 5.41 Å². The summed E-state index contributed by atoms with van der Waals surface area (Å²) in [5, 5.41) is 7.25. The van der Waals surface area contributed by atoms with E-state index in [9.17, 15) is 8.42 Å². The van der Waals surface area contributed by atoms with E-state index in [-0.39, 0.29) is 29.7 Å². The third-order valence-electron chi connectivity index (χ3n) is 3.22. The van der Waals surface area contributed by atoms with Gasteiger partial charge in [-0.15, -0.1) is 0 Å². The van der Waals surface area contributed by atoms with Crippen molar-refractivity contribution in [3.05, 3.63) is 24.3 Å². The van der Waals surface area contributed by atoms with Crippen molar-refractivity contribution in [1.82, 2.24) is 4.31 Å². The standard InChI is InChI=1S/C13H19N3O3S/c1-19-11-4-6-12(7-5-11)20(17,18)16(10-2-3-10)9-8-13(14)15/h4-7,10H,2-3,8-9H2,1H3,(H3,14,15). The van der Waals surface area contributed by atoms with Gasteiger partial charge >= 0.3 is 0 Å². The predicted molar refractivity (Wildman–Crippen MR) is 76.4 cm³/mol. The van der Waals surface area contributed by atoms with Crippen molar-refractivity contribution in [3.63, 3.8) is 0 Å². The fraction of sp³-hybridized carbons (Fsp3) is 0.462. The number of nitrogens with zero attached hydrogens (tertiary/aromatic N) is 1. The fourth-order valence-corrected chi connectivity index (χ4v) is 3.66. The van der Waals surface area contributed by atoms with Crippen LogP contribution in [0.5, 0.6) is 5.75 Å². The van der Waals surface area contributed by atoms with Crippen molar-refractivity contribution in [2.75, 3.05) is 13.7 Å². The molecule has 1 aliphatic carbocycles. The Bertz CT molecular complexity index is 579. The van der Waals surface area contributed by atoms with Gasteiger partial charge in [-0.05, 0) is 37.1 Å². The first-order chi connectivity index (χ1) is 9.45. The number of nitrogens with one attached hydrogen (secondary N) is 1. The first-order valence-corrected chi connectivity index (χ1v) is 7.88. The fourth-order valence-electron chi connectivity index (χ4n) is 1.98. The highest BCUT2D eigenvalue weighted by atomic mass is 32.2. The van der Waals surface area contributed by atoms with E-state index in [0.717, 1.165) is 12.8 Å². The molecule has 6 nitrogen and oxygen atoms in total. The molecule has 0 saturated heterocycles. The van der Waals surface area contributed by atoms with E-state index in [1.54, 1.807) is 12.1 Å². The molecule has 0 aliphatic heterocycles. The van der Waals surface area contributed by atoms with Gasteiger partial charge in [0, 0.05) is 19.0 Å². The number of methoxy groups -OCH3 is 1. The number of hydrogen-bond acceptors (Lipinski definition) is 4. The lowest BCUT2D eigenvalue weighted by molar-refractivity contribution is 0.409. The van der Waals surface area contributed by atoms with Crippen LogP contribution in [0.4, 0.5) is 0 Å². The zero-order valence-corrected chi connectivity index (χ0v) is 12.2. The van der Waals surface area contributed by atoms with Crippen LogP contribution in [0.3, 0.4) is 0 Å². The Morgan fingerprint density at radius 2 is 2.00 bits per heavy atom. The maximum atomic E-state index is 12.6. The van der Waals surface area contributed by atoms with E-state index in [2.05, 4.69) is 0 Å². The highest BCUT2D eigenvalue weighted by Crippen LogP contribution is 2.32. The minimum Gasteiger partial charge on any atom is -0.497 e. The van der Waals surface area contributed by atoms with E-state index >= 15 is 0 Å². The van der Waals surface area contributed by atoms with E-state index in [0.29, 0.717) is 5.75 Å². The molecule has 1 fully saturated rings. The van der Waals surface area contributed by atoms with E-state index < -0.39 is 10.0 Å². The topological polar surface area (TPSA) is 96.5 Å². The Morgan fingerprint density at radius 3 is 2.45 bits per heavy atom. The molecular formula is C13H19N3O3S. The van der Waals surface area contributed by atoms with Gasteiger partial charge in [0.25, 0.3) is 0 Å². The summed E-state index contributed by atoms with van der Waals surface area (Å²) in [5.74, 6) is 0.617. The number of rotatable bonds is 7. The van der Waals surface area contributed by atoms with E-state index in [1.807, 2.05) is 0 Å². The van der Waals surface area contributed by atoms with Gasteiger partial charge in [-0.3, -0.25) is 5.41 Å². The third-order valence-corrected chi connectivity index (χ3v) is 5.19. The molecule has 0 amide bonds. The number of ether oxygens (including phenoxy) is 1. The molecule has 1 saturated carbocycles. The average Bonchev–Trinajstić information content (AvgIpc) is 3.23. The maximum absolute atomic E-state index is 12.6. The summed E-state index contributed by atoms with van der Waals surface area (Å²) in [5.41, 5.74) is 5.33. The molecule has 0 radical (unpaired) electrons. The molecule has 0 aromatic heterocycles. The van der Waals surface area contributed by atoms with Crippen LogP contribution < -0.4 is 10.5 Å². The zero-order chi connectivity index (χ0) is 14.8. The van der Waals surface area contributed by atoms with Gasteiger partial charge < -0.3 is 10.5 Å². The van der Waals surface area contributed by atoms with Crippen LogP contribution in [-0.4, -0.2) is 38.3 Å². The SMILES string of the molecule is COc1ccc(S(=O)(=O)N(CCC(=N)N)C2CC2)cc1. The van der Waals surface area contributed by atoms with Crippen LogP contribution in [0.25, 0.3) is 0 Å². The number of sulfonamides is 1. The Kier molecular flexibility index (Phi) is 4.29. The lowest BCUT2D eigenvalue weighted by Crippen LogP contribution is -2.35. The highest BCUT2D eigenvalue weighted by molar-refractivity contribution is 7.89. The summed E-state index contributed by atoms with van der Waals surface area (Å²) in [6, 6.07) is 6.38. The van der Waals surface area contributed by atoms with Crippen molar-refractivity contribution >= 4 is 15.9 Å². The van der Waals surface area contributed by atoms with Gasteiger partial charge in [0.05, 0.1) is 17.8 Å². The first-order valence-electron chi connectivity index (χ1n) is 6.44. The summed E-state index contributed by atoms with van der Waals surface area (Å²) in [6.45, 7) is 0.258. The predicted octanol–water partition coefficient (Wildman–Crippen LogP) is 1.17. The van der Waals surface area contributed by atoms with Gasteiger partial charge in [0.15, 0.2) is 0 Å². The van der Waals surface area contributed by atoms with Gasteiger partial charge in [-0.25, -0.2) is 8.42 Å². The Morgan fingerprint density at radius 1 is 1.40 bits per heavy atom. The molecular weight excluding hydrogens is 278 g/mol. The second-order valence-electron chi connectivity index (χ2n) is 4.80. The third kappa shape index (κ3) is 3.29. The lowest BCUT2D eigenvalue weighted by atomic mass is 10.3. The number of hydrogen-bond donors (Lipinski definition) is 2. The van der Waals surface area contributed by atoms with Crippen molar-refractivity contribution in [2.24, 2.45) is 5.73 Å². The molecule has 0 heterocycles. The maximum Gasteiger partial charge on any atom is 0.243 e. The molecule has 2 rings (SSSR count). The largest absolute Gasteiger partial charge is 0.497 e. The Hall–Kier alpha value is -1.60. The van der Waals surface area contributed by atoms with Crippen LogP contribution >= 0.6 is 0 Å². The van der Waals surface area contributed by atoms with Gasteiger partial charge in [-0.1, -0.05) is 0 Å². The summed E-state index contributed by atoms with van der Waals surface area (Å²) >= 11 is 0. The molecule has 20 heavy (non-hydrogen) atoms. The summed E-state index contributed by atoms with van der Waals surface area (Å²) in [7, 11) is -2.00. The quantitative estimate of drug-likeness (QED) is 0.583. The molecule has 0 bridgehead atoms. The smallest absolute Gasteiger partial charge is 0.243 e. The van der Waals surface area contributed by atoms with E-state index in [1.165, 1.54) is 23.5 Å². The van der Waals surface area contributed by atoms with Crippen molar-refractivity contribution < 1.29 is 13.2 Å². The average molecular weight is 297 g/mol. The van der Waals surface area contributed by atoms with Crippen LogP contribution in [0.2, 0.25) is 0 Å². The molecule has 0 unspecified atom stereocenters. The summed E-state index contributed by atoms with van der Waals surface area (Å²) in [6.07, 6.45) is 1.99. The zero-order valence-electron chi connectivity index (χ0n) is 11.4. The van der Waals surface area contributed by atoms with Crippen LogP contribution in [0.15, 0.2) is 29.2 Å². The minimum absolute atomic E-state index is 0.000538. The molecule has 3 N–H and O–H groups in total. The summed E-state index contributed by atoms with van der Waals surface area (Å²) in [4.78, 5) is 0.244. The number of amidine groups is 1. The second kappa shape index (κ2) is 5.80. The van der Waals surface area contributed by atoms with Crippen LogP contribution in [0, 0.1) is 5.41 Å². The van der Waals surface area contributed by atoms with Gasteiger partial charge in [0.2, 0.25) is 10.0 Å². The van der Waals surface area contributed by atoms with Crippen LogP contribution in [-0.2, 0) is 10.0 Å². The van der Waals surface area contributed by atoms with E-state index in [4.69, 9.17) is 15.9 Å². The monoisotopic (exact) mass is 297 g/mol. The Labute approximate surface area is 119 Å². The molecule has 0 atom stereocenters. The molecule has 1 aliphatic rings. The Balaban J connectivity index is 2.22. The first kappa shape index (κ1) is 14.8. The van der Waals surface area contributed by atoms with Crippen molar-refractivity contribution in [2.45, 2.75) is 30.2 Å². The summed E-state index contributed by atoms with van der Waals surface area (Å²) < 4.78 is 31.7. The lowest BCUT2D eigenvalue weighted by Gasteiger charge is -2.21. The van der Waals surface area contributed by atoms with Crippen LogP contribution in [0.1, 0.15) is 19.3 Å². The normalized spacial score (nSPS) is 15.3. The second-order valence-corrected chi connectivity index (χ2v) is 6.69. The highest BCUT2D eigenvalue weighted by Gasteiger charge is 2.37. The number of nitrogens with two attached hydrogens (primary N) is 1. The molecule has 7 heteroatoms. The van der Waals surface area contributed by atoms with Crippen molar-refractivity contribution in [3.8, 4) is 5.75 Å². The molecule has 1 aromatic carbocycles. The molecule has 0 spiro atoms. The van der Waals surface area contributed by atoms with Gasteiger partial charge in [0.1, 0.15) is 5.75 Å². The minimum atomic E-state index is -3.53. The molecule has 1 aromatic rings.